The zero-order valence-corrected chi connectivity index (χ0v) is 24.2. The van der Waals surface area contributed by atoms with E-state index < -0.39 is 0 Å². The molecule has 1 nitrogen and oxygen atoms in total. The molecule has 0 bridgehead atoms. The first-order valence-corrected chi connectivity index (χ1v) is 16.3. The van der Waals surface area contributed by atoms with Crippen molar-refractivity contribution in [1.29, 1.82) is 0 Å². The van der Waals surface area contributed by atoms with Crippen LogP contribution in [0.25, 0.3) is 0 Å². The first-order valence-electron chi connectivity index (χ1n) is 16.3. The largest absolute Gasteiger partial charge is 0.376 e. The predicted molar refractivity (Wildman–Crippen MR) is 155 cm³/mol. The first kappa shape index (κ1) is 34.0. The summed E-state index contributed by atoms with van der Waals surface area (Å²) in [6, 6.07) is 0. The molecule has 0 heterocycles. The Balaban J connectivity index is 2.99. The maximum Gasteiger partial charge on any atom is 0.0836 e. The van der Waals surface area contributed by atoms with E-state index in [0.29, 0.717) is 0 Å². The Morgan fingerprint density at radius 1 is 0.324 bits per heavy atom. The Morgan fingerprint density at radius 3 is 0.912 bits per heavy atom. The number of hydrogen-bond acceptors (Lipinski definition) is 1. The fraction of sp³-hybridized carbons (Fsp3) is 0.970. The lowest BCUT2D eigenvalue weighted by Crippen LogP contribution is -1.92. The highest BCUT2D eigenvalue weighted by Gasteiger charge is 1.97. The fourth-order valence-electron chi connectivity index (χ4n) is 4.97. The molecule has 0 unspecified atom stereocenters. The van der Waals surface area contributed by atoms with E-state index >= 15 is 0 Å². The average Bonchev–Trinajstić information content (AvgIpc) is 2.85. The molecule has 0 amide bonds. The van der Waals surface area contributed by atoms with Gasteiger partial charge in [0.25, 0.3) is 0 Å². The molecule has 205 valence electrons. The van der Waals surface area contributed by atoms with Crippen LogP contribution < -0.4 is 0 Å². The van der Waals surface area contributed by atoms with Gasteiger partial charge in [-0.15, -0.1) is 0 Å². The molecule has 1 radical (unpaired) electrons. The standard InChI is InChI=1S/C33H67O/c1-3-5-7-8-9-10-11-12-13-14-15-16-17-18-19-20-21-22-23-24-25-26-27-28-29-31-33-34-32-30-6-4-2/h33H,3-32H2,1-2H3. The number of rotatable bonds is 31. The van der Waals surface area contributed by atoms with Gasteiger partial charge in [-0.2, -0.15) is 0 Å². The minimum atomic E-state index is 0.924. The maximum absolute atomic E-state index is 5.57. The van der Waals surface area contributed by atoms with E-state index in [9.17, 15) is 0 Å². The number of unbranched alkanes of at least 4 members (excludes halogenated alkanes) is 27. The quantitative estimate of drug-likeness (QED) is 0.0898. The predicted octanol–water partition coefficient (Wildman–Crippen LogP) is 12.5. The SMILES string of the molecule is CCCCCCCCCCCCCCCCCCCCCCCCCCC[CH]OCCCCC. The van der Waals surface area contributed by atoms with Gasteiger partial charge in [0.2, 0.25) is 0 Å². The second-order valence-electron chi connectivity index (χ2n) is 11.0. The normalized spacial score (nSPS) is 11.5. The molecule has 0 aliphatic carbocycles. The van der Waals surface area contributed by atoms with Crippen molar-refractivity contribution < 1.29 is 4.74 Å². The molecule has 0 aliphatic rings. The van der Waals surface area contributed by atoms with Gasteiger partial charge in [0.1, 0.15) is 0 Å². The highest BCUT2D eigenvalue weighted by Crippen LogP contribution is 2.16. The van der Waals surface area contributed by atoms with Crippen LogP contribution in [0.5, 0.6) is 0 Å². The van der Waals surface area contributed by atoms with E-state index in [1.54, 1.807) is 0 Å². The summed E-state index contributed by atoms with van der Waals surface area (Å²) < 4.78 is 5.57. The van der Waals surface area contributed by atoms with Crippen molar-refractivity contribution in [3.8, 4) is 0 Å². The van der Waals surface area contributed by atoms with E-state index in [1.807, 2.05) is 6.61 Å². The summed E-state index contributed by atoms with van der Waals surface area (Å²) in [4.78, 5) is 0. The van der Waals surface area contributed by atoms with Gasteiger partial charge in [-0.05, 0) is 12.8 Å². The van der Waals surface area contributed by atoms with E-state index in [1.165, 1.54) is 180 Å². The summed E-state index contributed by atoms with van der Waals surface area (Å²) in [5.74, 6) is 0. The van der Waals surface area contributed by atoms with Crippen molar-refractivity contribution in [2.75, 3.05) is 6.61 Å². The van der Waals surface area contributed by atoms with Gasteiger partial charge in [-0.25, -0.2) is 0 Å². The van der Waals surface area contributed by atoms with Crippen molar-refractivity contribution in [3.05, 3.63) is 6.61 Å². The minimum absolute atomic E-state index is 0.924. The Kier molecular flexibility index (Phi) is 32.9. The highest BCUT2D eigenvalue weighted by atomic mass is 16.5. The Labute approximate surface area is 218 Å². The highest BCUT2D eigenvalue weighted by molar-refractivity contribution is 4.54. The third-order valence-electron chi connectivity index (χ3n) is 7.41. The third-order valence-corrected chi connectivity index (χ3v) is 7.41. The summed E-state index contributed by atoms with van der Waals surface area (Å²) in [5.41, 5.74) is 0. The van der Waals surface area contributed by atoms with Gasteiger partial charge in [-0.1, -0.05) is 187 Å². The molecular weight excluding hydrogens is 412 g/mol. The molecule has 0 aromatic carbocycles. The van der Waals surface area contributed by atoms with Gasteiger partial charge in [0.05, 0.1) is 6.61 Å². The van der Waals surface area contributed by atoms with Crippen LogP contribution in [-0.4, -0.2) is 6.61 Å². The minimum Gasteiger partial charge on any atom is -0.376 e. The molecule has 0 aromatic rings. The molecule has 0 rings (SSSR count). The molecule has 0 spiro atoms. The van der Waals surface area contributed by atoms with E-state index in [4.69, 9.17) is 4.74 Å². The maximum atomic E-state index is 5.57. The van der Waals surface area contributed by atoms with Crippen LogP contribution in [0.3, 0.4) is 0 Å². The summed E-state index contributed by atoms with van der Waals surface area (Å²) in [6.45, 7) is 7.52. The Morgan fingerprint density at radius 2 is 0.588 bits per heavy atom. The van der Waals surface area contributed by atoms with Crippen LogP contribution in [0.15, 0.2) is 0 Å². The topological polar surface area (TPSA) is 9.23 Å². The van der Waals surface area contributed by atoms with Crippen LogP contribution in [0.1, 0.15) is 200 Å². The first-order chi connectivity index (χ1) is 16.9. The third kappa shape index (κ3) is 32.0. The number of ether oxygens (including phenoxy) is 1. The average molecular weight is 480 g/mol. The smallest absolute Gasteiger partial charge is 0.0836 e. The van der Waals surface area contributed by atoms with E-state index in [2.05, 4.69) is 13.8 Å². The molecule has 0 aliphatic heterocycles. The van der Waals surface area contributed by atoms with Gasteiger partial charge < -0.3 is 4.74 Å². The van der Waals surface area contributed by atoms with Gasteiger partial charge in [-0.3, -0.25) is 0 Å². The molecule has 0 aromatic heterocycles. The van der Waals surface area contributed by atoms with Crippen LogP contribution in [0, 0.1) is 6.61 Å². The second kappa shape index (κ2) is 33.0. The van der Waals surface area contributed by atoms with Crippen LogP contribution in [-0.2, 0) is 4.74 Å². The number of hydrogen-bond donors (Lipinski definition) is 0. The van der Waals surface area contributed by atoms with Gasteiger partial charge >= 0.3 is 0 Å². The van der Waals surface area contributed by atoms with Crippen molar-refractivity contribution in [3.63, 3.8) is 0 Å². The molecule has 1 heteroatoms. The van der Waals surface area contributed by atoms with Crippen molar-refractivity contribution in [1.82, 2.24) is 0 Å². The van der Waals surface area contributed by atoms with Crippen molar-refractivity contribution >= 4 is 0 Å². The van der Waals surface area contributed by atoms with Crippen LogP contribution >= 0.6 is 0 Å². The summed E-state index contributed by atoms with van der Waals surface area (Å²) >= 11 is 0. The molecule has 34 heavy (non-hydrogen) atoms. The van der Waals surface area contributed by atoms with Gasteiger partial charge in [0.15, 0.2) is 0 Å². The zero-order valence-electron chi connectivity index (χ0n) is 24.2. The lowest BCUT2D eigenvalue weighted by atomic mass is 10.0. The van der Waals surface area contributed by atoms with Crippen molar-refractivity contribution in [2.45, 2.75) is 200 Å². The fourth-order valence-corrected chi connectivity index (χ4v) is 4.97. The summed E-state index contributed by atoms with van der Waals surface area (Å²) in [5, 5.41) is 0. The van der Waals surface area contributed by atoms with E-state index in [0.717, 1.165) is 13.0 Å². The lowest BCUT2D eigenvalue weighted by molar-refractivity contribution is 0.184. The molecule has 0 atom stereocenters. The van der Waals surface area contributed by atoms with Crippen LogP contribution in [0.4, 0.5) is 0 Å². The van der Waals surface area contributed by atoms with E-state index in [-0.39, 0.29) is 0 Å². The zero-order chi connectivity index (χ0) is 24.6. The molecule has 0 saturated heterocycles. The molecule has 0 saturated carbocycles. The van der Waals surface area contributed by atoms with Crippen LogP contribution in [0.2, 0.25) is 0 Å². The lowest BCUT2D eigenvalue weighted by Gasteiger charge is -2.05. The van der Waals surface area contributed by atoms with Gasteiger partial charge in [0, 0.05) is 6.61 Å². The summed E-state index contributed by atoms with van der Waals surface area (Å²) in [6.07, 6.45) is 41.4. The summed E-state index contributed by atoms with van der Waals surface area (Å²) in [7, 11) is 0. The monoisotopic (exact) mass is 480 g/mol. The Hall–Kier alpha value is -0.0400. The Bertz CT molecular complexity index is 295. The van der Waals surface area contributed by atoms with Crippen molar-refractivity contribution in [2.24, 2.45) is 0 Å². The molecule has 0 fully saturated rings. The molecule has 0 N–H and O–H groups in total. The second-order valence-corrected chi connectivity index (χ2v) is 11.0. The molecular formula is C33H67O.